The number of rotatable bonds is 7. The lowest BCUT2D eigenvalue weighted by Gasteiger charge is -1.92. The summed E-state index contributed by atoms with van der Waals surface area (Å²) in [6.45, 7) is 11.1. The van der Waals surface area contributed by atoms with Gasteiger partial charge in [0.1, 0.15) is 0 Å². The first-order valence-corrected chi connectivity index (χ1v) is 5.77. The number of hydrogen-bond donors (Lipinski definition) is 0. The van der Waals surface area contributed by atoms with Gasteiger partial charge in [0.15, 0.2) is 0 Å². The van der Waals surface area contributed by atoms with Gasteiger partial charge in [0.25, 0.3) is 0 Å². The van der Waals surface area contributed by atoms with Gasteiger partial charge in [-0.25, -0.2) is 0 Å². The Hall–Kier alpha value is -2.22. The highest BCUT2D eigenvalue weighted by molar-refractivity contribution is 5.25. The van der Waals surface area contributed by atoms with Crippen LogP contribution in [0.3, 0.4) is 0 Å². The van der Waals surface area contributed by atoms with E-state index in [-0.39, 0.29) is 0 Å². The Kier molecular flexibility index (Phi) is 9.88. The second-order valence-electron chi connectivity index (χ2n) is 3.22. The molecular weight excluding hydrogens is 220 g/mol. The van der Waals surface area contributed by atoms with Crippen LogP contribution in [0.5, 0.6) is 0 Å². The molecule has 0 atom stereocenters. The predicted molar refractivity (Wildman–Crippen MR) is 80.2 cm³/mol. The summed E-state index contributed by atoms with van der Waals surface area (Å²) in [5, 5.41) is 8.29. The van der Waals surface area contributed by atoms with Crippen LogP contribution in [0.15, 0.2) is 95.5 Å². The summed E-state index contributed by atoms with van der Waals surface area (Å²) in [7, 11) is 0. The number of nitrogens with zero attached hydrogens (tertiary/aromatic N) is 2. The molecule has 0 aromatic heterocycles. The van der Waals surface area contributed by atoms with Gasteiger partial charge in [-0.2, -0.15) is 10.2 Å². The number of azo groups is 1. The van der Waals surface area contributed by atoms with Gasteiger partial charge in [-0.15, -0.1) is 0 Å². The molecule has 0 amide bonds. The second kappa shape index (κ2) is 11.3. The van der Waals surface area contributed by atoms with Crippen molar-refractivity contribution in [3.8, 4) is 0 Å². The Labute approximate surface area is 110 Å². The Morgan fingerprint density at radius 1 is 0.833 bits per heavy atom. The highest BCUT2D eigenvalue weighted by atomic mass is 15.1. The lowest BCUT2D eigenvalue weighted by Crippen LogP contribution is -1.73. The van der Waals surface area contributed by atoms with Crippen LogP contribution in [-0.2, 0) is 0 Å². The average Bonchev–Trinajstić information content (AvgIpc) is 2.39. The zero-order valence-electron chi connectivity index (χ0n) is 11.1. The SMILES string of the molecule is C=C\C=C/C(=C\C=C)/N=N/C(/C=C\C=C/C)=C/C. The monoisotopic (exact) mass is 240 g/mol. The van der Waals surface area contributed by atoms with Gasteiger partial charge in [0.2, 0.25) is 0 Å². The molecule has 2 nitrogen and oxygen atoms in total. The summed E-state index contributed by atoms with van der Waals surface area (Å²) in [5.74, 6) is 0. The third kappa shape index (κ3) is 7.99. The van der Waals surface area contributed by atoms with Gasteiger partial charge < -0.3 is 0 Å². The fourth-order valence-electron chi connectivity index (χ4n) is 0.978. The maximum Gasteiger partial charge on any atom is 0.0856 e. The number of hydrogen-bond acceptors (Lipinski definition) is 2. The molecule has 0 aliphatic rings. The van der Waals surface area contributed by atoms with Crippen LogP contribution in [0.1, 0.15) is 13.8 Å². The molecule has 94 valence electrons. The molecule has 0 N–H and O–H groups in total. The third-order valence-electron chi connectivity index (χ3n) is 1.84. The Morgan fingerprint density at radius 2 is 1.50 bits per heavy atom. The molecule has 0 spiro atoms. The van der Waals surface area contributed by atoms with Gasteiger partial charge >= 0.3 is 0 Å². The first kappa shape index (κ1) is 15.8. The molecule has 0 heterocycles. The van der Waals surface area contributed by atoms with Crippen molar-refractivity contribution in [2.24, 2.45) is 10.2 Å². The molecule has 2 heteroatoms. The normalized spacial score (nSPS) is 14.3. The van der Waals surface area contributed by atoms with E-state index in [0.717, 1.165) is 11.4 Å². The summed E-state index contributed by atoms with van der Waals surface area (Å²) in [4.78, 5) is 0. The first-order chi connectivity index (χ1) is 8.78. The second-order valence-corrected chi connectivity index (χ2v) is 3.22. The van der Waals surface area contributed by atoms with Crippen molar-refractivity contribution in [1.29, 1.82) is 0 Å². The van der Waals surface area contributed by atoms with Crippen LogP contribution in [0.4, 0.5) is 0 Å². The zero-order valence-corrected chi connectivity index (χ0v) is 11.1. The van der Waals surface area contributed by atoms with Gasteiger partial charge in [0.05, 0.1) is 11.4 Å². The molecule has 0 aromatic rings. The van der Waals surface area contributed by atoms with E-state index >= 15 is 0 Å². The molecule has 0 saturated carbocycles. The quantitative estimate of drug-likeness (QED) is 0.427. The van der Waals surface area contributed by atoms with Crippen LogP contribution in [0.2, 0.25) is 0 Å². The van der Waals surface area contributed by atoms with E-state index in [1.165, 1.54) is 0 Å². The average molecular weight is 240 g/mol. The maximum atomic E-state index is 4.15. The van der Waals surface area contributed by atoms with E-state index in [4.69, 9.17) is 0 Å². The maximum absolute atomic E-state index is 4.15. The van der Waals surface area contributed by atoms with E-state index in [0.29, 0.717) is 0 Å². The predicted octanol–water partition coefficient (Wildman–Crippen LogP) is 5.29. The molecular formula is C16H20N2. The molecule has 0 saturated heterocycles. The molecule has 18 heavy (non-hydrogen) atoms. The zero-order chi connectivity index (χ0) is 13.6. The highest BCUT2D eigenvalue weighted by Crippen LogP contribution is 2.06. The van der Waals surface area contributed by atoms with Crippen molar-refractivity contribution >= 4 is 0 Å². The Bertz CT molecular complexity index is 430. The molecule has 0 bridgehead atoms. The molecule has 0 unspecified atom stereocenters. The fourth-order valence-corrected chi connectivity index (χ4v) is 0.978. The van der Waals surface area contributed by atoms with Gasteiger partial charge in [-0.3, -0.25) is 0 Å². The van der Waals surface area contributed by atoms with Crippen LogP contribution in [-0.4, -0.2) is 0 Å². The lowest BCUT2D eigenvalue weighted by molar-refractivity contribution is 1.12. The van der Waals surface area contributed by atoms with Crippen molar-refractivity contribution in [3.63, 3.8) is 0 Å². The molecule has 0 aromatic carbocycles. The summed E-state index contributed by atoms with van der Waals surface area (Å²) in [5.41, 5.74) is 1.53. The fraction of sp³-hybridized carbons (Fsp3) is 0.125. The van der Waals surface area contributed by atoms with Crippen LogP contribution < -0.4 is 0 Å². The van der Waals surface area contributed by atoms with Crippen molar-refractivity contribution in [1.82, 2.24) is 0 Å². The van der Waals surface area contributed by atoms with Gasteiger partial charge in [0, 0.05) is 0 Å². The van der Waals surface area contributed by atoms with Crippen molar-refractivity contribution in [2.45, 2.75) is 13.8 Å². The topological polar surface area (TPSA) is 24.7 Å². The van der Waals surface area contributed by atoms with Crippen LogP contribution in [0, 0.1) is 0 Å². The summed E-state index contributed by atoms with van der Waals surface area (Å²) in [6.07, 6.45) is 18.4. The molecule has 0 radical (unpaired) electrons. The molecule has 0 fully saturated rings. The van der Waals surface area contributed by atoms with E-state index in [2.05, 4.69) is 23.4 Å². The van der Waals surface area contributed by atoms with Crippen molar-refractivity contribution in [2.75, 3.05) is 0 Å². The van der Waals surface area contributed by atoms with Crippen LogP contribution >= 0.6 is 0 Å². The Balaban J connectivity index is 4.84. The molecule has 0 rings (SSSR count). The van der Waals surface area contributed by atoms with E-state index < -0.39 is 0 Å². The minimum Gasteiger partial charge on any atom is -0.151 e. The lowest BCUT2D eigenvalue weighted by atomic mass is 10.3. The Morgan fingerprint density at radius 3 is 2.06 bits per heavy atom. The largest absolute Gasteiger partial charge is 0.151 e. The summed E-state index contributed by atoms with van der Waals surface area (Å²) >= 11 is 0. The van der Waals surface area contributed by atoms with Crippen molar-refractivity contribution in [3.05, 3.63) is 85.3 Å². The standard InChI is InChI=1S/C16H20N2/c1-5-9-11-14-15(8-4)17-18-16(12-7-3)13-10-6-2/h5-14H,2-3H2,1,4H3/b9-5-,13-10-,14-11-,15-8+,16-12+,18-17+. The van der Waals surface area contributed by atoms with Gasteiger partial charge in [-0.05, 0) is 32.1 Å². The minimum atomic E-state index is 0.726. The van der Waals surface area contributed by atoms with Gasteiger partial charge in [-0.1, -0.05) is 55.7 Å². The third-order valence-corrected chi connectivity index (χ3v) is 1.84. The van der Waals surface area contributed by atoms with Crippen molar-refractivity contribution < 1.29 is 0 Å². The van der Waals surface area contributed by atoms with E-state index in [9.17, 15) is 0 Å². The molecule has 0 aliphatic heterocycles. The van der Waals surface area contributed by atoms with Crippen LogP contribution in [0.25, 0.3) is 0 Å². The highest BCUT2D eigenvalue weighted by Gasteiger charge is 1.88. The van der Waals surface area contributed by atoms with E-state index in [1.807, 2.05) is 50.3 Å². The smallest absolute Gasteiger partial charge is 0.0856 e. The summed E-state index contributed by atoms with van der Waals surface area (Å²) < 4.78 is 0. The summed E-state index contributed by atoms with van der Waals surface area (Å²) in [6, 6.07) is 0. The molecule has 0 aliphatic carbocycles. The number of allylic oxidation sites excluding steroid dienone is 10. The van der Waals surface area contributed by atoms with E-state index in [1.54, 1.807) is 24.3 Å². The minimum absolute atomic E-state index is 0.726. The first-order valence-electron chi connectivity index (χ1n) is 5.77.